The fourth-order valence-electron chi connectivity index (χ4n) is 1.30. The minimum atomic E-state index is -1.20. The third kappa shape index (κ3) is 2.86. The molecule has 1 saturated heterocycles. The highest BCUT2D eigenvalue weighted by Crippen LogP contribution is 2.17. The molecular weight excluding hydrogens is 202 g/mol. The molecule has 1 amide bonds. The van der Waals surface area contributed by atoms with Crippen molar-refractivity contribution in [2.45, 2.75) is 37.5 Å². The normalized spacial score (nSPS) is 37.7. The first-order chi connectivity index (χ1) is 6.93. The molecule has 7 N–H and O–H groups in total. The molecule has 7 heteroatoms. The van der Waals surface area contributed by atoms with Crippen LogP contribution >= 0.6 is 0 Å². The molecule has 7 nitrogen and oxygen atoms in total. The zero-order valence-electron chi connectivity index (χ0n) is 8.46. The predicted octanol–water partition coefficient (Wildman–Crippen LogP) is -3.14. The fraction of sp³-hybridized carbons (Fsp3) is 0.875. The highest BCUT2D eigenvalue weighted by molar-refractivity contribution is 5.80. The number of amides is 1. The Morgan fingerprint density at radius 1 is 1.60 bits per heavy atom. The van der Waals surface area contributed by atoms with Crippen LogP contribution in [0.1, 0.15) is 6.92 Å². The largest absolute Gasteiger partial charge is 0.389 e. The Kier molecular flexibility index (Phi) is 4.00. The Balaban J connectivity index is 2.37. The molecule has 15 heavy (non-hydrogen) atoms. The molecule has 0 spiro atoms. The van der Waals surface area contributed by atoms with Crippen molar-refractivity contribution >= 4 is 5.91 Å². The third-order valence-corrected chi connectivity index (χ3v) is 2.31. The van der Waals surface area contributed by atoms with Crippen LogP contribution in [0.5, 0.6) is 0 Å². The Morgan fingerprint density at radius 2 is 2.20 bits per heavy atom. The van der Waals surface area contributed by atoms with Crippen LogP contribution < -0.4 is 16.8 Å². The number of hydrogen-bond acceptors (Lipinski definition) is 6. The topological polar surface area (TPSA) is 131 Å². The van der Waals surface area contributed by atoms with Gasteiger partial charge >= 0.3 is 0 Å². The van der Waals surface area contributed by atoms with Crippen LogP contribution in [0.2, 0.25) is 0 Å². The number of carbonyl (C=O) groups excluding carboxylic acids is 1. The standard InChI is InChI=1S/C8H17N3O4/c1-3(9)7(13)11-2-4-6(12)5(10)8(14)15-4/h3-6,8,12,14H,2,9-10H2,1H3,(H,11,13). The van der Waals surface area contributed by atoms with E-state index in [2.05, 4.69) is 5.32 Å². The molecule has 0 saturated carbocycles. The highest BCUT2D eigenvalue weighted by atomic mass is 16.6. The van der Waals surface area contributed by atoms with Gasteiger partial charge < -0.3 is 31.7 Å². The van der Waals surface area contributed by atoms with E-state index in [0.29, 0.717) is 0 Å². The summed E-state index contributed by atoms with van der Waals surface area (Å²) < 4.78 is 4.94. The van der Waals surface area contributed by atoms with E-state index in [4.69, 9.17) is 21.3 Å². The molecule has 1 rings (SSSR count). The molecule has 1 fully saturated rings. The Bertz CT molecular complexity index is 236. The average Bonchev–Trinajstić information content (AvgIpc) is 2.42. The lowest BCUT2D eigenvalue weighted by atomic mass is 10.1. The van der Waals surface area contributed by atoms with Gasteiger partial charge in [-0.1, -0.05) is 0 Å². The molecule has 88 valence electrons. The summed E-state index contributed by atoms with van der Waals surface area (Å²) >= 11 is 0. The SMILES string of the molecule is CC(N)C(=O)NCC1OC(O)C(N)C1O. The second-order valence-corrected chi connectivity index (χ2v) is 3.67. The van der Waals surface area contributed by atoms with E-state index in [9.17, 15) is 9.90 Å². The minimum absolute atomic E-state index is 0.0757. The van der Waals surface area contributed by atoms with Gasteiger partial charge in [-0.2, -0.15) is 0 Å². The number of nitrogens with one attached hydrogen (secondary N) is 1. The Hall–Kier alpha value is -0.730. The van der Waals surface area contributed by atoms with Crippen molar-refractivity contribution in [2.75, 3.05) is 6.54 Å². The fourth-order valence-corrected chi connectivity index (χ4v) is 1.30. The van der Waals surface area contributed by atoms with Crippen molar-refractivity contribution in [2.24, 2.45) is 11.5 Å². The quantitative estimate of drug-likeness (QED) is 0.341. The lowest BCUT2D eigenvalue weighted by molar-refractivity contribution is -0.125. The van der Waals surface area contributed by atoms with Crippen LogP contribution in [0.3, 0.4) is 0 Å². The van der Waals surface area contributed by atoms with Crippen molar-refractivity contribution in [3.05, 3.63) is 0 Å². The van der Waals surface area contributed by atoms with Crippen molar-refractivity contribution in [1.29, 1.82) is 0 Å². The van der Waals surface area contributed by atoms with E-state index >= 15 is 0 Å². The highest BCUT2D eigenvalue weighted by Gasteiger charge is 2.40. The summed E-state index contributed by atoms with van der Waals surface area (Å²) in [5, 5.41) is 21.1. The van der Waals surface area contributed by atoms with Crippen LogP contribution in [0, 0.1) is 0 Å². The van der Waals surface area contributed by atoms with Crippen LogP contribution in [0.15, 0.2) is 0 Å². The molecule has 1 aliphatic heterocycles. The monoisotopic (exact) mass is 219 g/mol. The van der Waals surface area contributed by atoms with Gasteiger partial charge in [0.05, 0.1) is 12.1 Å². The van der Waals surface area contributed by atoms with Crippen molar-refractivity contribution in [3.63, 3.8) is 0 Å². The number of carbonyl (C=O) groups is 1. The number of nitrogens with two attached hydrogens (primary N) is 2. The Labute approximate surface area is 87.4 Å². The number of aliphatic hydroxyl groups excluding tert-OH is 2. The summed E-state index contributed by atoms with van der Waals surface area (Å²) in [4.78, 5) is 11.1. The molecule has 1 heterocycles. The first kappa shape index (κ1) is 12.3. The second-order valence-electron chi connectivity index (χ2n) is 3.67. The number of aliphatic hydroxyl groups is 2. The summed E-state index contributed by atoms with van der Waals surface area (Å²) in [6.07, 6.45) is -2.89. The van der Waals surface area contributed by atoms with Crippen LogP contribution in [0.25, 0.3) is 0 Å². The van der Waals surface area contributed by atoms with Crippen molar-refractivity contribution < 1.29 is 19.7 Å². The van der Waals surface area contributed by atoms with Gasteiger partial charge in [0.15, 0.2) is 6.29 Å². The van der Waals surface area contributed by atoms with Crippen molar-refractivity contribution in [3.8, 4) is 0 Å². The van der Waals surface area contributed by atoms with E-state index in [1.807, 2.05) is 0 Å². The van der Waals surface area contributed by atoms with E-state index in [1.165, 1.54) is 0 Å². The summed E-state index contributed by atoms with van der Waals surface area (Å²) in [5.41, 5.74) is 10.7. The van der Waals surface area contributed by atoms with E-state index in [-0.39, 0.29) is 12.5 Å². The molecule has 1 aliphatic rings. The molecule has 0 aromatic carbocycles. The second kappa shape index (κ2) is 4.86. The molecular formula is C8H17N3O4. The molecule has 0 aromatic rings. The predicted molar refractivity (Wildman–Crippen MR) is 51.5 cm³/mol. The summed E-state index contributed by atoms with van der Waals surface area (Å²) in [6, 6.07) is -1.47. The average molecular weight is 219 g/mol. The maximum Gasteiger partial charge on any atom is 0.236 e. The molecule has 5 atom stereocenters. The van der Waals surface area contributed by atoms with E-state index in [1.54, 1.807) is 6.92 Å². The molecule has 0 aliphatic carbocycles. The van der Waals surface area contributed by atoms with Gasteiger partial charge in [-0.25, -0.2) is 0 Å². The van der Waals surface area contributed by atoms with Gasteiger partial charge in [0.25, 0.3) is 0 Å². The van der Waals surface area contributed by atoms with Crippen LogP contribution in [-0.4, -0.2) is 53.2 Å². The van der Waals surface area contributed by atoms with Gasteiger partial charge in [0.2, 0.25) is 5.91 Å². The molecule has 0 bridgehead atoms. The van der Waals surface area contributed by atoms with Gasteiger partial charge in [-0.05, 0) is 6.92 Å². The maximum atomic E-state index is 11.1. The molecule has 5 unspecified atom stereocenters. The molecule has 0 aromatic heterocycles. The Morgan fingerprint density at radius 3 is 2.60 bits per heavy atom. The summed E-state index contributed by atoms with van der Waals surface area (Å²) in [5.74, 6) is -0.347. The van der Waals surface area contributed by atoms with E-state index in [0.717, 1.165) is 0 Å². The third-order valence-electron chi connectivity index (χ3n) is 2.31. The lowest BCUT2D eigenvalue weighted by Gasteiger charge is -2.16. The number of rotatable bonds is 3. The minimum Gasteiger partial charge on any atom is -0.389 e. The number of hydrogen-bond donors (Lipinski definition) is 5. The zero-order valence-corrected chi connectivity index (χ0v) is 8.46. The molecule has 0 radical (unpaired) electrons. The van der Waals surface area contributed by atoms with Crippen LogP contribution in [-0.2, 0) is 9.53 Å². The summed E-state index contributed by atoms with van der Waals surface area (Å²) in [6.45, 7) is 1.62. The number of ether oxygens (including phenoxy) is 1. The van der Waals surface area contributed by atoms with Gasteiger partial charge in [0, 0.05) is 6.54 Å². The van der Waals surface area contributed by atoms with Gasteiger partial charge in [-0.3, -0.25) is 4.79 Å². The lowest BCUT2D eigenvalue weighted by Crippen LogP contribution is -2.46. The first-order valence-corrected chi connectivity index (χ1v) is 4.74. The zero-order chi connectivity index (χ0) is 11.6. The maximum absolute atomic E-state index is 11.1. The summed E-state index contributed by atoms with van der Waals surface area (Å²) in [7, 11) is 0. The first-order valence-electron chi connectivity index (χ1n) is 4.74. The van der Waals surface area contributed by atoms with Crippen molar-refractivity contribution in [1.82, 2.24) is 5.32 Å². The van der Waals surface area contributed by atoms with Crippen LogP contribution in [0.4, 0.5) is 0 Å². The smallest absolute Gasteiger partial charge is 0.236 e. The van der Waals surface area contributed by atoms with Gasteiger partial charge in [0.1, 0.15) is 12.2 Å². The van der Waals surface area contributed by atoms with Gasteiger partial charge in [-0.15, -0.1) is 0 Å². The van der Waals surface area contributed by atoms with E-state index < -0.39 is 30.6 Å².